The summed E-state index contributed by atoms with van der Waals surface area (Å²) in [7, 11) is 3.25. The van der Waals surface area contributed by atoms with Crippen molar-refractivity contribution >= 4 is 6.29 Å². The van der Waals surface area contributed by atoms with Gasteiger partial charge in [0.1, 0.15) is 30.0 Å². The van der Waals surface area contributed by atoms with Crippen LogP contribution in [0.1, 0.15) is 23.7 Å². The molecule has 0 saturated carbocycles. The lowest BCUT2D eigenvalue weighted by Gasteiger charge is -2.36. The van der Waals surface area contributed by atoms with E-state index in [0.29, 0.717) is 23.5 Å². The first-order chi connectivity index (χ1) is 14.0. The van der Waals surface area contributed by atoms with Gasteiger partial charge < -0.3 is 34.3 Å². The van der Waals surface area contributed by atoms with Gasteiger partial charge in [0.2, 0.25) is 0 Å². The van der Waals surface area contributed by atoms with E-state index in [1.54, 1.807) is 50.6 Å². The second-order valence-corrected chi connectivity index (χ2v) is 6.75. The zero-order valence-corrected chi connectivity index (χ0v) is 16.6. The van der Waals surface area contributed by atoms with E-state index in [4.69, 9.17) is 9.47 Å². The molecule has 4 atom stereocenters. The van der Waals surface area contributed by atoms with Crippen LogP contribution in [0.25, 0.3) is 0 Å². The summed E-state index contributed by atoms with van der Waals surface area (Å²) in [5.74, 6) is 1.23. The van der Waals surface area contributed by atoms with Gasteiger partial charge in [0, 0.05) is 27.1 Å². The van der Waals surface area contributed by atoms with Gasteiger partial charge in [-0.25, -0.2) is 0 Å². The normalized spacial score (nSPS) is 23.6. The summed E-state index contributed by atoms with van der Waals surface area (Å²) in [5, 5.41) is 29.4. The Morgan fingerprint density at radius 1 is 1.10 bits per heavy atom. The van der Waals surface area contributed by atoms with Crippen LogP contribution < -0.4 is 4.74 Å². The molecule has 0 bridgehead atoms. The van der Waals surface area contributed by atoms with E-state index in [-0.39, 0.29) is 13.0 Å². The minimum absolute atomic E-state index is 0.201. The fraction of sp³-hybridized carbons (Fsp3) is 0.409. The van der Waals surface area contributed by atoms with Crippen molar-refractivity contribution < 1.29 is 34.3 Å². The number of rotatable bonds is 6. The molecule has 1 aliphatic rings. The van der Waals surface area contributed by atoms with E-state index in [1.165, 1.54) is 0 Å². The van der Waals surface area contributed by atoms with Crippen molar-refractivity contribution in [2.24, 2.45) is 0 Å². The summed E-state index contributed by atoms with van der Waals surface area (Å²) < 4.78 is 15.7. The van der Waals surface area contributed by atoms with E-state index in [9.17, 15) is 20.1 Å². The third-order valence-electron chi connectivity index (χ3n) is 4.41. The lowest BCUT2D eigenvalue weighted by Crippen LogP contribution is -2.44. The summed E-state index contributed by atoms with van der Waals surface area (Å²) in [5.41, 5.74) is 1.56. The summed E-state index contributed by atoms with van der Waals surface area (Å²) >= 11 is 0. The number of aliphatic hydroxyl groups is 3. The monoisotopic (exact) mass is 404 g/mol. The average molecular weight is 404 g/mol. The van der Waals surface area contributed by atoms with Crippen molar-refractivity contribution in [2.45, 2.75) is 37.3 Å². The Morgan fingerprint density at radius 3 is 2.41 bits per heavy atom. The zero-order valence-electron chi connectivity index (χ0n) is 16.6. The molecule has 0 amide bonds. The lowest BCUT2D eigenvalue weighted by molar-refractivity contribution is -0.179. The van der Waals surface area contributed by atoms with E-state index in [1.807, 2.05) is 12.1 Å². The first-order valence-electron chi connectivity index (χ1n) is 9.35. The molecule has 29 heavy (non-hydrogen) atoms. The van der Waals surface area contributed by atoms with E-state index < -0.39 is 24.4 Å². The summed E-state index contributed by atoms with van der Waals surface area (Å²) in [6.07, 6.45) is -1.83. The van der Waals surface area contributed by atoms with Crippen molar-refractivity contribution in [3.05, 3.63) is 59.7 Å². The van der Waals surface area contributed by atoms with Gasteiger partial charge >= 0.3 is 0 Å². The highest BCUT2D eigenvalue weighted by atomic mass is 16.5. The Bertz CT molecular complexity index is 747. The van der Waals surface area contributed by atoms with Crippen LogP contribution in [0.3, 0.4) is 0 Å². The Morgan fingerprint density at radius 2 is 1.79 bits per heavy atom. The Balaban J connectivity index is 0.000000941. The third-order valence-corrected chi connectivity index (χ3v) is 4.41. The first-order valence-corrected chi connectivity index (χ1v) is 9.35. The van der Waals surface area contributed by atoms with Crippen LogP contribution in [-0.4, -0.2) is 60.7 Å². The Labute approximate surface area is 170 Å². The average Bonchev–Trinajstić information content (AvgIpc) is 2.72. The number of carbonyl (C=O) groups excluding carboxylic acids is 1. The van der Waals surface area contributed by atoms with Crippen molar-refractivity contribution in [1.82, 2.24) is 0 Å². The Hall–Kier alpha value is -2.29. The van der Waals surface area contributed by atoms with Gasteiger partial charge in [-0.05, 0) is 35.4 Å². The smallest absolute Gasteiger partial charge is 0.127 e. The van der Waals surface area contributed by atoms with Gasteiger partial charge in [0.25, 0.3) is 0 Å². The molecule has 7 heteroatoms. The maximum Gasteiger partial charge on any atom is 0.127 e. The van der Waals surface area contributed by atoms with Crippen LogP contribution in [0.4, 0.5) is 0 Å². The summed E-state index contributed by atoms with van der Waals surface area (Å²) in [4.78, 5) is 10.6. The highest BCUT2D eigenvalue weighted by molar-refractivity contribution is 5.55. The molecule has 1 saturated heterocycles. The maximum atomic E-state index is 10.6. The fourth-order valence-electron chi connectivity index (χ4n) is 3.04. The lowest BCUT2D eigenvalue weighted by atomic mass is 9.93. The number of aldehydes is 1. The molecule has 1 heterocycles. The molecule has 3 unspecified atom stereocenters. The number of benzene rings is 2. The molecule has 0 aromatic heterocycles. The zero-order chi connectivity index (χ0) is 21.2. The predicted molar refractivity (Wildman–Crippen MR) is 107 cm³/mol. The SMILES string of the molecule is COC.O=CCc1cccc(Oc2ccc([C@H]3OC(CO)CC(O)C3O)cc2)c1. The van der Waals surface area contributed by atoms with Gasteiger partial charge in [-0.1, -0.05) is 24.3 Å². The molecule has 2 aromatic carbocycles. The molecular formula is C22H28O7. The standard InChI is InChI=1S/C20H22O6.C2H6O/c21-9-8-13-2-1-3-16(10-13)25-15-6-4-14(5-7-15)20-19(24)18(23)11-17(12-22)26-20;1-3-2/h1-7,9-10,17-20,22-24H,8,11-12H2;1-2H3/t17?,18?,19?,20-;/m1./s1. The van der Waals surface area contributed by atoms with Crippen LogP contribution in [-0.2, 0) is 20.7 Å². The number of methoxy groups -OCH3 is 1. The minimum Gasteiger partial charge on any atom is -0.457 e. The third kappa shape index (κ3) is 6.62. The van der Waals surface area contributed by atoms with Crippen molar-refractivity contribution in [2.75, 3.05) is 20.8 Å². The van der Waals surface area contributed by atoms with Crippen LogP contribution in [0.15, 0.2) is 48.5 Å². The molecule has 0 aliphatic carbocycles. The van der Waals surface area contributed by atoms with Crippen molar-refractivity contribution in [3.63, 3.8) is 0 Å². The molecule has 2 aromatic rings. The number of ether oxygens (including phenoxy) is 3. The molecule has 0 radical (unpaired) electrons. The van der Waals surface area contributed by atoms with E-state index in [2.05, 4.69) is 4.74 Å². The second kappa shape index (κ2) is 11.6. The number of hydrogen-bond acceptors (Lipinski definition) is 7. The largest absolute Gasteiger partial charge is 0.457 e. The van der Waals surface area contributed by atoms with Gasteiger partial charge in [-0.3, -0.25) is 0 Å². The molecule has 1 fully saturated rings. The highest BCUT2D eigenvalue weighted by Crippen LogP contribution is 2.33. The highest BCUT2D eigenvalue weighted by Gasteiger charge is 2.37. The van der Waals surface area contributed by atoms with Crippen molar-refractivity contribution in [3.8, 4) is 11.5 Å². The quantitative estimate of drug-likeness (QED) is 0.633. The van der Waals surface area contributed by atoms with Crippen molar-refractivity contribution in [1.29, 1.82) is 0 Å². The molecule has 0 spiro atoms. The predicted octanol–water partition coefficient (Wildman–Crippen LogP) is 2.03. The molecule has 7 nitrogen and oxygen atoms in total. The molecule has 3 N–H and O–H groups in total. The fourth-order valence-corrected chi connectivity index (χ4v) is 3.04. The van der Waals surface area contributed by atoms with E-state index in [0.717, 1.165) is 11.8 Å². The van der Waals surface area contributed by atoms with Crippen LogP contribution >= 0.6 is 0 Å². The second-order valence-electron chi connectivity index (χ2n) is 6.75. The van der Waals surface area contributed by atoms with Crippen LogP contribution in [0.5, 0.6) is 11.5 Å². The van der Waals surface area contributed by atoms with Gasteiger partial charge in [-0.15, -0.1) is 0 Å². The topological polar surface area (TPSA) is 105 Å². The summed E-state index contributed by atoms with van der Waals surface area (Å²) in [6, 6.07) is 14.3. The maximum absolute atomic E-state index is 10.6. The molecule has 158 valence electrons. The molecule has 3 rings (SSSR count). The van der Waals surface area contributed by atoms with Gasteiger partial charge in [0.05, 0.1) is 18.8 Å². The van der Waals surface area contributed by atoms with Gasteiger partial charge in [0.15, 0.2) is 0 Å². The first kappa shape index (κ1) is 23.0. The van der Waals surface area contributed by atoms with Crippen LogP contribution in [0, 0.1) is 0 Å². The Kier molecular flexibility index (Phi) is 9.24. The van der Waals surface area contributed by atoms with Gasteiger partial charge in [-0.2, -0.15) is 0 Å². The molecule has 1 aliphatic heterocycles. The van der Waals surface area contributed by atoms with Crippen LogP contribution in [0.2, 0.25) is 0 Å². The van der Waals surface area contributed by atoms with E-state index >= 15 is 0 Å². The number of aliphatic hydroxyl groups excluding tert-OH is 3. The minimum atomic E-state index is -1.05. The molecular weight excluding hydrogens is 376 g/mol. The number of carbonyl (C=O) groups is 1. The number of hydrogen-bond donors (Lipinski definition) is 3. The summed E-state index contributed by atoms with van der Waals surface area (Å²) in [6.45, 7) is -0.210.